The molecule has 0 unspecified atom stereocenters. The van der Waals surface area contributed by atoms with E-state index in [2.05, 4.69) is 4.99 Å². The number of carbonyl (C=O) groups excluding carboxylic acids is 2. The van der Waals surface area contributed by atoms with E-state index in [0.717, 1.165) is 10.2 Å². The van der Waals surface area contributed by atoms with Gasteiger partial charge in [-0.2, -0.15) is 4.99 Å². The molecule has 0 radical (unpaired) electrons. The van der Waals surface area contributed by atoms with Crippen LogP contribution in [0.15, 0.2) is 47.5 Å². The van der Waals surface area contributed by atoms with E-state index in [4.69, 9.17) is 25.8 Å². The molecule has 1 aromatic heterocycles. The topological polar surface area (TPSA) is 79.1 Å². The third-order valence-corrected chi connectivity index (χ3v) is 5.09. The Morgan fingerprint density at radius 1 is 1.11 bits per heavy atom. The minimum atomic E-state index is -0.480. The lowest BCUT2D eigenvalue weighted by atomic mass is 10.3. The summed E-state index contributed by atoms with van der Waals surface area (Å²) in [5.74, 6) is 0.258. The summed E-state index contributed by atoms with van der Waals surface area (Å²) in [6.07, 6.45) is 0. The average Bonchev–Trinajstić information content (AvgIpc) is 3.03. The molecule has 0 bridgehead atoms. The largest absolute Gasteiger partial charge is 0.497 e. The van der Waals surface area contributed by atoms with Gasteiger partial charge < -0.3 is 18.8 Å². The van der Waals surface area contributed by atoms with Crippen LogP contribution in [0.4, 0.5) is 0 Å². The summed E-state index contributed by atoms with van der Waals surface area (Å²) >= 11 is 7.10. The molecule has 9 heteroatoms. The molecule has 3 aromatic rings. The third-order valence-electron chi connectivity index (χ3n) is 3.80. The second-order valence-electron chi connectivity index (χ2n) is 5.63. The van der Waals surface area contributed by atoms with Crippen LogP contribution in [0.1, 0.15) is 0 Å². The number of halogens is 1. The predicted octanol–water partition coefficient (Wildman–Crippen LogP) is 3.04. The fourth-order valence-electron chi connectivity index (χ4n) is 2.43. The van der Waals surface area contributed by atoms with Crippen LogP contribution in [-0.4, -0.2) is 37.3 Å². The van der Waals surface area contributed by atoms with Gasteiger partial charge in [-0.25, -0.2) is 0 Å². The summed E-state index contributed by atoms with van der Waals surface area (Å²) < 4.78 is 17.9. The van der Waals surface area contributed by atoms with Crippen LogP contribution in [0, 0.1) is 0 Å². The zero-order chi connectivity index (χ0) is 20.1. The monoisotopic (exact) mass is 420 g/mol. The molecule has 0 aliphatic carbocycles. The Kier molecular flexibility index (Phi) is 6.33. The van der Waals surface area contributed by atoms with Crippen molar-refractivity contribution in [2.75, 3.05) is 20.8 Å². The number of hydrogen-bond acceptors (Lipinski definition) is 6. The Labute approximate surface area is 169 Å². The van der Waals surface area contributed by atoms with Crippen molar-refractivity contribution in [3.05, 3.63) is 52.3 Å². The zero-order valence-corrected chi connectivity index (χ0v) is 16.7. The normalized spacial score (nSPS) is 11.5. The minimum absolute atomic E-state index is 0.0625. The molecule has 0 saturated carbocycles. The maximum Gasteiger partial charge on any atom is 0.325 e. The Morgan fingerprint density at radius 3 is 2.50 bits per heavy atom. The summed E-state index contributed by atoms with van der Waals surface area (Å²) in [7, 11) is 2.88. The van der Waals surface area contributed by atoms with Crippen molar-refractivity contribution in [2.24, 2.45) is 4.99 Å². The molecule has 7 nitrogen and oxygen atoms in total. The van der Waals surface area contributed by atoms with E-state index in [1.807, 2.05) is 6.07 Å². The highest BCUT2D eigenvalue weighted by Crippen LogP contribution is 2.23. The van der Waals surface area contributed by atoms with Crippen molar-refractivity contribution in [1.82, 2.24) is 4.57 Å². The molecule has 0 aliphatic heterocycles. The first kappa shape index (κ1) is 19.9. The van der Waals surface area contributed by atoms with Gasteiger partial charge in [0.2, 0.25) is 0 Å². The third kappa shape index (κ3) is 4.71. The summed E-state index contributed by atoms with van der Waals surface area (Å²) in [4.78, 5) is 28.6. The molecule has 0 spiro atoms. The van der Waals surface area contributed by atoms with Crippen LogP contribution >= 0.6 is 22.9 Å². The van der Waals surface area contributed by atoms with E-state index in [0.29, 0.717) is 21.3 Å². The van der Waals surface area contributed by atoms with E-state index in [1.165, 1.54) is 18.4 Å². The highest BCUT2D eigenvalue weighted by atomic mass is 35.5. The average molecular weight is 421 g/mol. The Bertz CT molecular complexity index is 1070. The summed E-state index contributed by atoms with van der Waals surface area (Å²) in [6, 6.07) is 12.1. The van der Waals surface area contributed by atoms with Gasteiger partial charge in [-0.05, 0) is 42.5 Å². The number of carbonyl (C=O) groups is 2. The van der Waals surface area contributed by atoms with Gasteiger partial charge in [0.05, 0.1) is 24.4 Å². The van der Waals surface area contributed by atoms with E-state index in [9.17, 15) is 9.59 Å². The van der Waals surface area contributed by atoms with Crippen LogP contribution < -0.4 is 14.3 Å². The number of rotatable bonds is 6. The Balaban J connectivity index is 1.90. The molecule has 3 rings (SSSR count). The molecular formula is C19H17ClN2O5S. The predicted molar refractivity (Wildman–Crippen MR) is 106 cm³/mol. The highest BCUT2D eigenvalue weighted by molar-refractivity contribution is 7.16. The van der Waals surface area contributed by atoms with Crippen LogP contribution in [0.2, 0.25) is 5.02 Å². The van der Waals surface area contributed by atoms with Gasteiger partial charge in [0.1, 0.15) is 18.0 Å². The highest BCUT2D eigenvalue weighted by Gasteiger charge is 2.13. The van der Waals surface area contributed by atoms with Crippen molar-refractivity contribution in [2.45, 2.75) is 6.54 Å². The van der Waals surface area contributed by atoms with Gasteiger partial charge in [-0.1, -0.05) is 22.9 Å². The molecule has 0 aliphatic rings. The number of methoxy groups -OCH3 is 2. The van der Waals surface area contributed by atoms with Crippen molar-refractivity contribution < 1.29 is 23.8 Å². The van der Waals surface area contributed by atoms with Crippen molar-refractivity contribution in [3.63, 3.8) is 0 Å². The molecule has 0 atom stereocenters. The van der Waals surface area contributed by atoms with E-state index in [1.54, 1.807) is 48.1 Å². The maximum absolute atomic E-state index is 12.3. The number of fused-ring (bicyclic) bond motifs is 1. The lowest BCUT2D eigenvalue weighted by Crippen LogP contribution is -2.23. The first-order valence-electron chi connectivity index (χ1n) is 8.20. The Morgan fingerprint density at radius 2 is 1.82 bits per heavy atom. The molecule has 28 heavy (non-hydrogen) atoms. The Hall–Kier alpha value is -2.84. The van der Waals surface area contributed by atoms with Gasteiger partial charge in [-0.15, -0.1) is 0 Å². The van der Waals surface area contributed by atoms with E-state index >= 15 is 0 Å². The number of nitrogens with zero attached hydrogens (tertiary/aromatic N) is 2. The lowest BCUT2D eigenvalue weighted by Gasteiger charge is -2.05. The summed E-state index contributed by atoms with van der Waals surface area (Å²) in [6.45, 7) is -0.301. The molecule has 1 amide bonds. The standard InChI is InChI=1S/C19H17ClN2O5S/c1-25-14-7-8-15-16(9-14)28-19(22(15)10-18(24)26-2)21-17(23)11-27-13-5-3-12(20)4-6-13/h3-9H,10-11H2,1-2H3. The summed E-state index contributed by atoms with van der Waals surface area (Å²) in [5, 5.41) is 0.577. The molecule has 146 valence electrons. The number of ether oxygens (including phenoxy) is 3. The van der Waals surface area contributed by atoms with E-state index in [-0.39, 0.29) is 13.2 Å². The van der Waals surface area contributed by atoms with Crippen molar-refractivity contribution in [3.8, 4) is 11.5 Å². The smallest absolute Gasteiger partial charge is 0.325 e. The van der Waals surface area contributed by atoms with Gasteiger partial charge in [0, 0.05) is 5.02 Å². The fourth-order valence-corrected chi connectivity index (χ4v) is 3.63. The number of aromatic nitrogens is 1. The van der Waals surface area contributed by atoms with Crippen LogP contribution in [0.25, 0.3) is 10.2 Å². The van der Waals surface area contributed by atoms with Crippen molar-refractivity contribution in [1.29, 1.82) is 0 Å². The number of hydrogen-bond donors (Lipinski definition) is 0. The molecule has 0 saturated heterocycles. The molecule has 0 N–H and O–H groups in total. The maximum atomic E-state index is 12.3. The molecule has 1 heterocycles. The second kappa shape index (κ2) is 8.90. The number of thiazole rings is 1. The number of esters is 1. The molecular weight excluding hydrogens is 404 g/mol. The van der Waals surface area contributed by atoms with Gasteiger partial charge in [0.25, 0.3) is 5.91 Å². The molecule has 2 aromatic carbocycles. The minimum Gasteiger partial charge on any atom is -0.497 e. The quantitative estimate of drug-likeness (QED) is 0.573. The first-order valence-corrected chi connectivity index (χ1v) is 9.39. The molecule has 0 fully saturated rings. The van der Waals surface area contributed by atoms with Gasteiger partial charge in [0.15, 0.2) is 11.4 Å². The van der Waals surface area contributed by atoms with Gasteiger partial charge >= 0.3 is 5.97 Å². The van der Waals surface area contributed by atoms with Crippen LogP contribution in [0.5, 0.6) is 11.5 Å². The zero-order valence-electron chi connectivity index (χ0n) is 15.2. The fraction of sp³-hybridized carbons (Fsp3) is 0.211. The van der Waals surface area contributed by atoms with E-state index < -0.39 is 11.9 Å². The SMILES string of the molecule is COC(=O)Cn1c(=NC(=O)COc2ccc(Cl)cc2)sc2cc(OC)ccc21. The first-order chi connectivity index (χ1) is 13.5. The number of benzene rings is 2. The lowest BCUT2D eigenvalue weighted by molar-refractivity contribution is -0.141. The number of amides is 1. The summed E-state index contributed by atoms with van der Waals surface area (Å²) in [5.41, 5.74) is 0.751. The second-order valence-corrected chi connectivity index (χ2v) is 7.07. The van der Waals surface area contributed by atoms with Crippen molar-refractivity contribution >= 4 is 45.0 Å². The van der Waals surface area contributed by atoms with Crippen LogP contribution in [0.3, 0.4) is 0 Å². The van der Waals surface area contributed by atoms with Gasteiger partial charge in [-0.3, -0.25) is 9.59 Å². The van der Waals surface area contributed by atoms with Crippen LogP contribution in [-0.2, 0) is 20.9 Å².